The summed E-state index contributed by atoms with van der Waals surface area (Å²) in [5, 5.41) is 13.8. The summed E-state index contributed by atoms with van der Waals surface area (Å²) in [5.74, 6) is -0.229. The van der Waals surface area contributed by atoms with Crippen LogP contribution in [0.25, 0.3) is 0 Å². The average Bonchev–Trinajstić information content (AvgIpc) is 2.46. The zero-order valence-corrected chi connectivity index (χ0v) is 10.9. The molecule has 0 fully saturated rings. The van der Waals surface area contributed by atoms with Crippen molar-refractivity contribution < 1.29 is 9.31 Å². The normalized spacial score (nSPS) is 10.4. The van der Waals surface area contributed by atoms with Crippen LogP contribution in [0.1, 0.15) is 11.1 Å². The van der Waals surface area contributed by atoms with Crippen LogP contribution in [-0.2, 0) is 13.0 Å². The van der Waals surface area contributed by atoms with Gasteiger partial charge in [-0.3, -0.25) is 10.1 Å². The number of non-ortho nitro benzene ring substituents is 1. The molecule has 0 unspecified atom stereocenters. The van der Waals surface area contributed by atoms with E-state index in [1.807, 2.05) is 0 Å². The maximum absolute atomic E-state index is 12.7. The van der Waals surface area contributed by atoms with E-state index >= 15 is 0 Å². The molecule has 0 heterocycles. The summed E-state index contributed by atoms with van der Waals surface area (Å²) in [5.41, 5.74) is 2.16. The standard InChI is InChI=1S/C15H15FN2O2/c16-14-5-1-12(2-6-14)9-10-17-11-13-3-7-15(8-4-13)18(19)20/h1-8,17H,9-11H2. The van der Waals surface area contributed by atoms with Crippen molar-refractivity contribution >= 4 is 5.69 Å². The molecular formula is C15H15FN2O2. The fourth-order valence-electron chi connectivity index (χ4n) is 1.85. The van der Waals surface area contributed by atoms with Crippen molar-refractivity contribution in [2.75, 3.05) is 6.54 Å². The molecule has 0 radical (unpaired) electrons. The predicted octanol–water partition coefficient (Wildman–Crippen LogP) is 3.07. The molecule has 0 saturated heterocycles. The van der Waals surface area contributed by atoms with Crippen LogP contribution in [0.3, 0.4) is 0 Å². The van der Waals surface area contributed by atoms with Gasteiger partial charge in [-0.2, -0.15) is 0 Å². The minimum Gasteiger partial charge on any atom is -0.312 e. The Bertz CT molecular complexity index is 567. The van der Waals surface area contributed by atoms with E-state index in [4.69, 9.17) is 0 Å². The first-order valence-corrected chi connectivity index (χ1v) is 6.33. The van der Waals surface area contributed by atoms with E-state index in [0.29, 0.717) is 6.54 Å². The molecule has 0 atom stereocenters. The lowest BCUT2D eigenvalue weighted by Crippen LogP contribution is -2.16. The first-order chi connectivity index (χ1) is 9.65. The largest absolute Gasteiger partial charge is 0.312 e. The fourth-order valence-corrected chi connectivity index (χ4v) is 1.85. The summed E-state index contributed by atoms with van der Waals surface area (Å²) in [4.78, 5) is 10.1. The molecule has 1 N–H and O–H groups in total. The highest BCUT2D eigenvalue weighted by Crippen LogP contribution is 2.11. The second-order valence-corrected chi connectivity index (χ2v) is 4.48. The van der Waals surface area contributed by atoms with Crippen molar-refractivity contribution in [2.24, 2.45) is 0 Å². The van der Waals surface area contributed by atoms with Gasteiger partial charge < -0.3 is 5.32 Å². The Morgan fingerprint density at radius 2 is 1.60 bits per heavy atom. The second kappa shape index (κ2) is 6.77. The third-order valence-corrected chi connectivity index (χ3v) is 2.98. The van der Waals surface area contributed by atoms with Crippen LogP contribution in [0, 0.1) is 15.9 Å². The molecule has 0 spiro atoms. The fraction of sp³-hybridized carbons (Fsp3) is 0.200. The minimum atomic E-state index is -0.411. The molecule has 0 aromatic heterocycles. The van der Waals surface area contributed by atoms with Gasteiger partial charge in [0.05, 0.1) is 4.92 Å². The van der Waals surface area contributed by atoms with Gasteiger partial charge in [-0.1, -0.05) is 24.3 Å². The number of nitrogens with zero attached hydrogens (tertiary/aromatic N) is 1. The summed E-state index contributed by atoms with van der Waals surface area (Å²) in [6, 6.07) is 12.9. The van der Waals surface area contributed by atoms with Gasteiger partial charge in [0.1, 0.15) is 5.82 Å². The Kier molecular flexibility index (Phi) is 4.79. The molecule has 0 bridgehead atoms. The number of benzene rings is 2. The minimum absolute atomic E-state index is 0.0973. The van der Waals surface area contributed by atoms with E-state index in [1.165, 1.54) is 24.3 Å². The summed E-state index contributed by atoms with van der Waals surface area (Å²) in [6.45, 7) is 1.42. The highest BCUT2D eigenvalue weighted by Gasteiger charge is 2.03. The monoisotopic (exact) mass is 274 g/mol. The van der Waals surface area contributed by atoms with Crippen molar-refractivity contribution in [2.45, 2.75) is 13.0 Å². The lowest BCUT2D eigenvalue weighted by Gasteiger charge is -2.05. The molecule has 20 heavy (non-hydrogen) atoms. The van der Waals surface area contributed by atoms with Gasteiger partial charge in [0, 0.05) is 18.7 Å². The van der Waals surface area contributed by atoms with Crippen LogP contribution in [0.5, 0.6) is 0 Å². The first kappa shape index (κ1) is 14.1. The predicted molar refractivity (Wildman–Crippen MR) is 74.9 cm³/mol. The third kappa shape index (κ3) is 4.13. The van der Waals surface area contributed by atoms with Crippen LogP contribution in [0.15, 0.2) is 48.5 Å². The summed E-state index contributed by atoms with van der Waals surface area (Å²) in [6.07, 6.45) is 0.813. The Balaban J connectivity index is 1.75. The molecule has 0 aliphatic carbocycles. The van der Waals surface area contributed by atoms with Crippen molar-refractivity contribution in [3.8, 4) is 0 Å². The number of rotatable bonds is 6. The number of nitro benzene ring substituents is 1. The Hall–Kier alpha value is -2.27. The number of nitrogens with one attached hydrogen (secondary N) is 1. The Morgan fingerprint density at radius 1 is 1.00 bits per heavy atom. The maximum atomic E-state index is 12.7. The van der Waals surface area contributed by atoms with Crippen LogP contribution in [-0.4, -0.2) is 11.5 Å². The smallest absolute Gasteiger partial charge is 0.269 e. The summed E-state index contributed by atoms with van der Waals surface area (Å²) in [7, 11) is 0. The number of hydrogen-bond acceptors (Lipinski definition) is 3. The van der Waals surface area contributed by atoms with Crippen molar-refractivity contribution in [3.05, 3.63) is 75.6 Å². The third-order valence-electron chi connectivity index (χ3n) is 2.98. The van der Waals surface area contributed by atoms with E-state index in [9.17, 15) is 14.5 Å². The van der Waals surface area contributed by atoms with Crippen molar-refractivity contribution in [1.29, 1.82) is 0 Å². The Labute approximate surface area is 116 Å². The SMILES string of the molecule is O=[N+]([O-])c1ccc(CNCCc2ccc(F)cc2)cc1. The number of halogens is 1. The summed E-state index contributed by atoms with van der Waals surface area (Å²) >= 11 is 0. The van der Waals surface area contributed by atoms with E-state index in [-0.39, 0.29) is 11.5 Å². The van der Waals surface area contributed by atoms with Gasteiger partial charge in [0.25, 0.3) is 5.69 Å². The van der Waals surface area contributed by atoms with Crippen molar-refractivity contribution in [3.63, 3.8) is 0 Å². The number of nitro groups is 1. The zero-order chi connectivity index (χ0) is 14.4. The average molecular weight is 274 g/mol. The first-order valence-electron chi connectivity index (χ1n) is 6.33. The lowest BCUT2D eigenvalue weighted by atomic mass is 10.1. The van der Waals surface area contributed by atoms with Gasteiger partial charge in [-0.15, -0.1) is 0 Å². The van der Waals surface area contributed by atoms with Gasteiger partial charge in [-0.05, 0) is 36.2 Å². The van der Waals surface area contributed by atoms with E-state index in [1.54, 1.807) is 24.3 Å². The van der Waals surface area contributed by atoms with Gasteiger partial charge in [-0.25, -0.2) is 4.39 Å². The van der Waals surface area contributed by atoms with E-state index in [0.717, 1.165) is 24.1 Å². The summed E-state index contributed by atoms with van der Waals surface area (Å²) < 4.78 is 12.7. The molecule has 4 nitrogen and oxygen atoms in total. The molecule has 2 aromatic carbocycles. The maximum Gasteiger partial charge on any atom is 0.269 e. The van der Waals surface area contributed by atoms with Crippen LogP contribution >= 0.6 is 0 Å². The lowest BCUT2D eigenvalue weighted by molar-refractivity contribution is -0.384. The molecule has 2 aromatic rings. The molecule has 5 heteroatoms. The quantitative estimate of drug-likeness (QED) is 0.500. The van der Waals surface area contributed by atoms with Gasteiger partial charge >= 0.3 is 0 Å². The molecule has 0 aliphatic heterocycles. The molecule has 0 saturated carbocycles. The molecule has 0 aliphatic rings. The van der Waals surface area contributed by atoms with Gasteiger partial charge in [0.2, 0.25) is 0 Å². The zero-order valence-electron chi connectivity index (χ0n) is 10.9. The second-order valence-electron chi connectivity index (χ2n) is 4.48. The molecule has 0 amide bonds. The van der Waals surface area contributed by atoms with Crippen LogP contribution < -0.4 is 5.32 Å². The molecule has 2 rings (SSSR count). The molecule has 104 valence electrons. The van der Waals surface area contributed by atoms with Gasteiger partial charge in [0.15, 0.2) is 0 Å². The Morgan fingerprint density at radius 3 is 2.20 bits per heavy atom. The van der Waals surface area contributed by atoms with Crippen LogP contribution in [0.4, 0.5) is 10.1 Å². The van der Waals surface area contributed by atoms with Crippen molar-refractivity contribution in [1.82, 2.24) is 5.32 Å². The number of hydrogen-bond donors (Lipinski definition) is 1. The van der Waals surface area contributed by atoms with Crippen LogP contribution in [0.2, 0.25) is 0 Å². The van der Waals surface area contributed by atoms with E-state index in [2.05, 4.69) is 5.32 Å². The topological polar surface area (TPSA) is 55.2 Å². The van der Waals surface area contributed by atoms with E-state index < -0.39 is 4.92 Å². The molecular weight excluding hydrogens is 259 g/mol. The highest BCUT2D eigenvalue weighted by atomic mass is 19.1. The highest BCUT2D eigenvalue weighted by molar-refractivity contribution is 5.32.